The zero-order chi connectivity index (χ0) is 22.3. The fourth-order valence-electron chi connectivity index (χ4n) is 2.83. The molecule has 2 aromatic carbocycles. The number of para-hydroxylation sites is 1. The van der Waals surface area contributed by atoms with Gasteiger partial charge in [0.2, 0.25) is 5.91 Å². The number of hydrogen-bond acceptors (Lipinski definition) is 5. The van der Waals surface area contributed by atoms with Crippen LogP contribution in [0.4, 0.5) is 14.5 Å². The highest BCUT2D eigenvalue weighted by molar-refractivity contribution is 5.97. The summed E-state index contributed by atoms with van der Waals surface area (Å²) >= 11 is 0. The summed E-state index contributed by atoms with van der Waals surface area (Å²) in [6.45, 7) is 1.56. The minimum absolute atomic E-state index is 0.242. The predicted octanol–water partition coefficient (Wildman–Crippen LogP) is 3.12. The van der Waals surface area contributed by atoms with Crippen molar-refractivity contribution in [3.63, 3.8) is 0 Å². The Labute approximate surface area is 172 Å². The van der Waals surface area contributed by atoms with Gasteiger partial charge in [0.1, 0.15) is 11.3 Å². The number of esters is 1. The van der Waals surface area contributed by atoms with Crippen LogP contribution >= 0.6 is 0 Å². The summed E-state index contributed by atoms with van der Waals surface area (Å²) in [5.74, 6) is -2.53. The standard InChI is InChI=1S/C21H22F2N2O5/c1-12-8-13(2)19(14(3)9-12)25-17(26)10-24-18(27)11-29-20(28)15-6-4-5-7-16(15)30-21(22)23/h4-9,21H,10-11H2,1-3H3,(H,24,27)(H,25,26). The Morgan fingerprint density at radius 2 is 1.63 bits per heavy atom. The summed E-state index contributed by atoms with van der Waals surface area (Å²) in [5, 5.41) is 5.06. The lowest BCUT2D eigenvalue weighted by Gasteiger charge is -2.13. The van der Waals surface area contributed by atoms with E-state index >= 15 is 0 Å². The monoisotopic (exact) mass is 420 g/mol. The first kappa shape index (κ1) is 22.8. The molecule has 7 nitrogen and oxygen atoms in total. The van der Waals surface area contributed by atoms with Crippen molar-refractivity contribution in [2.24, 2.45) is 0 Å². The van der Waals surface area contributed by atoms with Crippen LogP contribution in [0.2, 0.25) is 0 Å². The predicted molar refractivity (Wildman–Crippen MR) is 106 cm³/mol. The molecule has 2 aromatic rings. The summed E-state index contributed by atoms with van der Waals surface area (Å²) in [6, 6.07) is 9.12. The molecule has 0 aliphatic carbocycles. The van der Waals surface area contributed by atoms with Gasteiger partial charge in [-0.3, -0.25) is 9.59 Å². The largest absolute Gasteiger partial charge is 0.452 e. The maximum atomic E-state index is 12.4. The number of alkyl halides is 2. The van der Waals surface area contributed by atoms with Crippen LogP contribution in [0.1, 0.15) is 27.0 Å². The van der Waals surface area contributed by atoms with Gasteiger partial charge >= 0.3 is 12.6 Å². The van der Waals surface area contributed by atoms with E-state index in [4.69, 9.17) is 4.74 Å². The van der Waals surface area contributed by atoms with Gasteiger partial charge in [0.15, 0.2) is 6.61 Å². The highest BCUT2D eigenvalue weighted by atomic mass is 19.3. The van der Waals surface area contributed by atoms with Crippen molar-refractivity contribution < 1.29 is 32.6 Å². The van der Waals surface area contributed by atoms with Crippen LogP contribution in [-0.4, -0.2) is 37.5 Å². The van der Waals surface area contributed by atoms with Gasteiger partial charge in [-0.25, -0.2) is 4.79 Å². The third-order valence-corrected chi connectivity index (χ3v) is 4.04. The molecule has 9 heteroatoms. The van der Waals surface area contributed by atoms with Crippen molar-refractivity contribution in [2.45, 2.75) is 27.4 Å². The number of halogens is 2. The second-order valence-corrected chi connectivity index (χ2v) is 6.55. The minimum Gasteiger partial charge on any atom is -0.452 e. The van der Waals surface area contributed by atoms with E-state index in [0.717, 1.165) is 16.7 Å². The van der Waals surface area contributed by atoms with E-state index in [1.165, 1.54) is 24.3 Å². The first-order valence-electron chi connectivity index (χ1n) is 9.02. The highest BCUT2D eigenvalue weighted by Gasteiger charge is 2.18. The first-order chi connectivity index (χ1) is 14.2. The lowest BCUT2D eigenvalue weighted by atomic mass is 10.1. The molecule has 0 bridgehead atoms. The molecule has 0 heterocycles. The molecule has 0 aromatic heterocycles. The molecule has 2 amide bonds. The molecule has 2 rings (SSSR count). The zero-order valence-corrected chi connectivity index (χ0v) is 16.8. The summed E-state index contributed by atoms with van der Waals surface area (Å²) in [7, 11) is 0. The molecule has 0 fully saturated rings. The molecule has 160 valence electrons. The Hall–Kier alpha value is -3.49. The second kappa shape index (κ2) is 10.3. The van der Waals surface area contributed by atoms with Crippen molar-refractivity contribution in [3.8, 4) is 5.75 Å². The van der Waals surface area contributed by atoms with Crippen molar-refractivity contribution in [3.05, 3.63) is 58.7 Å². The van der Waals surface area contributed by atoms with Crippen LogP contribution in [0.5, 0.6) is 5.75 Å². The molecule has 0 atom stereocenters. The lowest BCUT2D eigenvalue weighted by Crippen LogP contribution is -2.35. The fraction of sp³-hybridized carbons (Fsp3) is 0.286. The second-order valence-electron chi connectivity index (χ2n) is 6.55. The number of benzene rings is 2. The molecule has 0 unspecified atom stereocenters. The molecule has 0 spiro atoms. The number of carbonyl (C=O) groups excluding carboxylic acids is 3. The molecule has 2 N–H and O–H groups in total. The minimum atomic E-state index is -3.11. The number of hydrogen-bond donors (Lipinski definition) is 2. The van der Waals surface area contributed by atoms with Crippen molar-refractivity contribution >= 4 is 23.5 Å². The highest BCUT2D eigenvalue weighted by Crippen LogP contribution is 2.22. The Bertz CT molecular complexity index is 924. The average Bonchev–Trinajstić information content (AvgIpc) is 2.67. The van der Waals surface area contributed by atoms with Crippen LogP contribution in [-0.2, 0) is 14.3 Å². The Balaban J connectivity index is 1.84. The number of anilines is 1. The van der Waals surface area contributed by atoms with Gasteiger partial charge in [-0.1, -0.05) is 29.8 Å². The molecule has 0 aliphatic heterocycles. The molecular formula is C21H22F2N2O5. The van der Waals surface area contributed by atoms with Crippen LogP contribution < -0.4 is 15.4 Å². The number of ether oxygens (including phenoxy) is 2. The first-order valence-corrected chi connectivity index (χ1v) is 9.02. The molecule has 0 saturated carbocycles. The Kier molecular flexibility index (Phi) is 7.85. The van der Waals surface area contributed by atoms with Crippen LogP contribution in [0.25, 0.3) is 0 Å². The average molecular weight is 420 g/mol. The zero-order valence-electron chi connectivity index (χ0n) is 16.8. The number of aryl methyl sites for hydroxylation is 3. The Morgan fingerprint density at radius 1 is 1.00 bits per heavy atom. The maximum absolute atomic E-state index is 12.4. The number of rotatable bonds is 8. The summed E-state index contributed by atoms with van der Waals surface area (Å²) in [5.41, 5.74) is 3.28. The topological polar surface area (TPSA) is 93.7 Å². The summed E-state index contributed by atoms with van der Waals surface area (Å²) < 4.78 is 33.9. The van der Waals surface area contributed by atoms with Crippen LogP contribution in [0.3, 0.4) is 0 Å². The van der Waals surface area contributed by atoms with E-state index in [9.17, 15) is 23.2 Å². The SMILES string of the molecule is Cc1cc(C)c(NC(=O)CNC(=O)COC(=O)c2ccccc2OC(F)F)c(C)c1. The summed E-state index contributed by atoms with van der Waals surface area (Å²) in [6.07, 6.45) is 0. The molecule has 0 radical (unpaired) electrons. The molecular weight excluding hydrogens is 398 g/mol. The number of nitrogens with one attached hydrogen (secondary N) is 2. The van der Waals surface area contributed by atoms with Gasteiger partial charge in [0.05, 0.1) is 6.54 Å². The van der Waals surface area contributed by atoms with E-state index in [1.54, 1.807) is 0 Å². The van der Waals surface area contributed by atoms with Crippen LogP contribution in [0, 0.1) is 20.8 Å². The van der Waals surface area contributed by atoms with Gasteiger partial charge < -0.3 is 20.1 Å². The summed E-state index contributed by atoms with van der Waals surface area (Å²) in [4.78, 5) is 36.0. The van der Waals surface area contributed by atoms with E-state index in [0.29, 0.717) is 5.69 Å². The van der Waals surface area contributed by atoms with Gasteiger partial charge in [0, 0.05) is 5.69 Å². The van der Waals surface area contributed by atoms with E-state index in [-0.39, 0.29) is 17.9 Å². The van der Waals surface area contributed by atoms with Gasteiger partial charge in [0.25, 0.3) is 5.91 Å². The number of amides is 2. The van der Waals surface area contributed by atoms with Gasteiger partial charge in [-0.2, -0.15) is 8.78 Å². The molecule has 30 heavy (non-hydrogen) atoms. The van der Waals surface area contributed by atoms with E-state index < -0.39 is 31.0 Å². The molecule has 0 saturated heterocycles. The third kappa shape index (κ3) is 6.54. The smallest absolute Gasteiger partial charge is 0.387 e. The Morgan fingerprint density at radius 3 is 2.27 bits per heavy atom. The lowest BCUT2D eigenvalue weighted by molar-refractivity contribution is -0.126. The number of carbonyl (C=O) groups is 3. The quantitative estimate of drug-likeness (QED) is 0.640. The van der Waals surface area contributed by atoms with Crippen molar-refractivity contribution in [2.75, 3.05) is 18.5 Å². The van der Waals surface area contributed by atoms with Crippen molar-refractivity contribution in [1.29, 1.82) is 0 Å². The maximum Gasteiger partial charge on any atom is 0.387 e. The van der Waals surface area contributed by atoms with Gasteiger partial charge in [-0.05, 0) is 44.0 Å². The van der Waals surface area contributed by atoms with Crippen molar-refractivity contribution in [1.82, 2.24) is 5.32 Å². The van der Waals surface area contributed by atoms with Crippen LogP contribution in [0.15, 0.2) is 36.4 Å². The fourth-order valence-corrected chi connectivity index (χ4v) is 2.83. The van der Waals surface area contributed by atoms with E-state index in [2.05, 4.69) is 15.4 Å². The molecule has 0 aliphatic rings. The third-order valence-electron chi connectivity index (χ3n) is 4.04. The normalized spacial score (nSPS) is 10.5. The van der Waals surface area contributed by atoms with E-state index in [1.807, 2.05) is 32.9 Å². The van der Waals surface area contributed by atoms with Gasteiger partial charge in [-0.15, -0.1) is 0 Å².